The van der Waals surface area contributed by atoms with Gasteiger partial charge in [-0.2, -0.15) is 0 Å². The second-order valence-corrected chi connectivity index (χ2v) is 10.3. The molecule has 2 aromatic heterocycles. The number of aliphatic hydroxyl groups excluding tert-OH is 1. The van der Waals surface area contributed by atoms with Gasteiger partial charge < -0.3 is 34.9 Å². The van der Waals surface area contributed by atoms with Crippen molar-refractivity contribution in [3.05, 3.63) is 41.0 Å². The molecule has 0 radical (unpaired) electrons. The third-order valence-corrected chi connectivity index (χ3v) is 7.55. The van der Waals surface area contributed by atoms with Crippen molar-refractivity contribution in [1.29, 1.82) is 0 Å². The lowest BCUT2D eigenvalue weighted by molar-refractivity contribution is 0.149. The number of likely N-dealkylation sites (N-methyl/N-ethyl adjacent to an activating group) is 1. The van der Waals surface area contributed by atoms with Crippen molar-refractivity contribution in [3.63, 3.8) is 0 Å². The first-order chi connectivity index (χ1) is 18.8. The predicted molar refractivity (Wildman–Crippen MR) is 152 cm³/mol. The number of pyridine rings is 1. The first-order valence-electron chi connectivity index (χ1n) is 12.5. The van der Waals surface area contributed by atoms with Gasteiger partial charge in [0.25, 0.3) is 0 Å². The molecule has 39 heavy (non-hydrogen) atoms. The molecule has 2 aliphatic rings. The molecule has 0 aliphatic carbocycles. The molecule has 0 bridgehead atoms. The fraction of sp³-hybridized carbons (Fsp3) is 0.423. The number of hydrogen-bond acceptors (Lipinski definition) is 11. The molecule has 5 rings (SSSR count). The quantitative estimate of drug-likeness (QED) is 0.210. The normalized spacial score (nSPS) is 20.5. The molecular formula is C26H31Cl2N7O4. The highest BCUT2D eigenvalue weighted by Crippen LogP contribution is 2.46. The fourth-order valence-electron chi connectivity index (χ4n) is 4.75. The van der Waals surface area contributed by atoms with Gasteiger partial charge in [-0.05, 0) is 19.2 Å². The summed E-state index contributed by atoms with van der Waals surface area (Å²) < 4.78 is 16.5. The Hall–Kier alpha value is -2.93. The zero-order chi connectivity index (χ0) is 27.7. The van der Waals surface area contributed by atoms with Gasteiger partial charge in [-0.3, -0.25) is 5.32 Å². The summed E-state index contributed by atoms with van der Waals surface area (Å²) in [5.41, 5.74) is 1.66. The highest BCUT2D eigenvalue weighted by Gasteiger charge is 2.30. The second kappa shape index (κ2) is 11.7. The van der Waals surface area contributed by atoms with Crippen LogP contribution in [-0.2, 0) is 4.74 Å². The van der Waals surface area contributed by atoms with E-state index in [1.165, 1.54) is 20.3 Å². The van der Waals surface area contributed by atoms with Crippen molar-refractivity contribution < 1.29 is 19.3 Å². The van der Waals surface area contributed by atoms with Crippen molar-refractivity contribution in [3.8, 4) is 22.8 Å². The van der Waals surface area contributed by atoms with E-state index in [1.807, 2.05) is 6.07 Å². The van der Waals surface area contributed by atoms with Crippen molar-refractivity contribution >= 4 is 45.9 Å². The van der Waals surface area contributed by atoms with Crippen LogP contribution in [0.1, 0.15) is 0 Å². The first kappa shape index (κ1) is 27.6. The van der Waals surface area contributed by atoms with Crippen LogP contribution in [-0.4, -0.2) is 96.9 Å². The van der Waals surface area contributed by atoms with Crippen LogP contribution in [0.3, 0.4) is 0 Å². The van der Waals surface area contributed by atoms with Crippen LogP contribution in [0.25, 0.3) is 22.2 Å². The number of benzene rings is 1. The number of likely N-dealkylation sites (tertiary alicyclic amines) is 1. The van der Waals surface area contributed by atoms with E-state index in [0.717, 1.165) is 18.5 Å². The van der Waals surface area contributed by atoms with Crippen LogP contribution in [0.4, 0.5) is 11.8 Å². The molecule has 0 saturated carbocycles. The largest absolute Gasteiger partial charge is 0.495 e. The SMILES string of the molecule is C=CC(O)N[C@H]1COC[C@H]1Nc1ncc2cc(-c3c(Cl)c(OC)cc(OC)c3Cl)nc(NC3CN(C)C3)c2n1. The first-order valence-corrected chi connectivity index (χ1v) is 13.2. The lowest BCUT2D eigenvalue weighted by Crippen LogP contribution is -2.52. The Morgan fingerprint density at radius 2 is 1.79 bits per heavy atom. The van der Waals surface area contributed by atoms with E-state index >= 15 is 0 Å². The number of fused-ring (bicyclic) bond motifs is 1. The highest BCUT2D eigenvalue weighted by atomic mass is 35.5. The van der Waals surface area contributed by atoms with Gasteiger partial charge in [-0.1, -0.05) is 29.8 Å². The van der Waals surface area contributed by atoms with Crippen LogP contribution < -0.4 is 25.4 Å². The van der Waals surface area contributed by atoms with E-state index in [4.69, 9.17) is 47.4 Å². The molecule has 4 heterocycles. The molecule has 13 heteroatoms. The van der Waals surface area contributed by atoms with Crippen LogP contribution in [0.5, 0.6) is 11.5 Å². The highest BCUT2D eigenvalue weighted by molar-refractivity contribution is 6.41. The predicted octanol–water partition coefficient (Wildman–Crippen LogP) is 3.02. The number of aliphatic hydroxyl groups is 1. The summed E-state index contributed by atoms with van der Waals surface area (Å²) in [6.45, 7) is 6.23. The van der Waals surface area contributed by atoms with Gasteiger partial charge >= 0.3 is 0 Å². The van der Waals surface area contributed by atoms with Gasteiger partial charge in [0.05, 0.1) is 61.3 Å². The molecule has 11 nitrogen and oxygen atoms in total. The van der Waals surface area contributed by atoms with E-state index in [9.17, 15) is 5.11 Å². The van der Waals surface area contributed by atoms with Gasteiger partial charge in [-0.25, -0.2) is 15.0 Å². The van der Waals surface area contributed by atoms with Crippen LogP contribution in [0, 0.1) is 0 Å². The number of halogens is 2. The molecular weight excluding hydrogens is 545 g/mol. The maximum absolute atomic E-state index is 9.94. The molecule has 3 aromatic rings. The molecule has 208 valence electrons. The summed E-state index contributed by atoms with van der Waals surface area (Å²) in [6.07, 6.45) is 2.31. The number of ether oxygens (including phenoxy) is 3. The van der Waals surface area contributed by atoms with Crippen molar-refractivity contribution in [2.24, 2.45) is 0 Å². The molecule has 2 saturated heterocycles. The van der Waals surface area contributed by atoms with E-state index in [-0.39, 0.29) is 18.1 Å². The van der Waals surface area contributed by atoms with Gasteiger partial charge in [0.15, 0.2) is 5.82 Å². The average Bonchev–Trinajstić information content (AvgIpc) is 3.34. The molecule has 1 aromatic carbocycles. The number of methoxy groups -OCH3 is 2. The van der Waals surface area contributed by atoms with Gasteiger partial charge in [0.2, 0.25) is 5.95 Å². The number of nitrogens with zero attached hydrogens (tertiary/aromatic N) is 4. The van der Waals surface area contributed by atoms with Crippen molar-refractivity contribution in [1.82, 2.24) is 25.2 Å². The molecule has 0 amide bonds. The van der Waals surface area contributed by atoms with E-state index < -0.39 is 6.23 Å². The van der Waals surface area contributed by atoms with Gasteiger partial charge in [-0.15, -0.1) is 0 Å². The Morgan fingerprint density at radius 3 is 2.44 bits per heavy atom. The van der Waals surface area contributed by atoms with Gasteiger partial charge in [0.1, 0.15) is 23.2 Å². The second-order valence-electron chi connectivity index (χ2n) is 9.58. The number of aromatic nitrogens is 3. The topological polar surface area (TPSA) is 126 Å². The van der Waals surface area contributed by atoms with Crippen LogP contribution >= 0.6 is 23.2 Å². The lowest BCUT2D eigenvalue weighted by Gasteiger charge is -2.37. The third-order valence-electron chi connectivity index (χ3n) is 6.80. The molecule has 1 unspecified atom stereocenters. The molecule has 2 aliphatic heterocycles. The average molecular weight is 576 g/mol. The molecule has 2 fully saturated rings. The minimum Gasteiger partial charge on any atom is -0.495 e. The third kappa shape index (κ3) is 5.69. The zero-order valence-corrected chi connectivity index (χ0v) is 23.4. The van der Waals surface area contributed by atoms with Crippen LogP contribution in [0.15, 0.2) is 31.0 Å². The Labute approximate surface area is 236 Å². The molecule has 3 atom stereocenters. The van der Waals surface area contributed by atoms with E-state index in [1.54, 1.807) is 12.3 Å². The van der Waals surface area contributed by atoms with Crippen LogP contribution in [0.2, 0.25) is 10.0 Å². The minimum atomic E-state index is -0.841. The Morgan fingerprint density at radius 1 is 1.10 bits per heavy atom. The summed E-state index contributed by atoms with van der Waals surface area (Å²) in [7, 11) is 5.12. The molecule has 0 spiro atoms. The maximum atomic E-state index is 9.94. The monoisotopic (exact) mass is 575 g/mol. The zero-order valence-electron chi connectivity index (χ0n) is 21.9. The van der Waals surface area contributed by atoms with Crippen molar-refractivity contribution in [2.75, 3.05) is 58.2 Å². The Kier molecular flexibility index (Phi) is 8.27. The van der Waals surface area contributed by atoms with Gasteiger partial charge in [0, 0.05) is 36.3 Å². The number of rotatable bonds is 10. The lowest BCUT2D eigenvalue weighted by atomic mass is 10.1. The summed E-state index contributed by atoms with van der Waals surface area (Å²) in [5.74, 6) is 1.84. The summed E-state index contributed by atoms with van der Waals surface area (Å²) in [6, 6.07) is 3.39. The molecule has 4 N–H and O–H groups in total. The fourth-order valence-corrected chi connectivity index (χ4v) is 5.44. The summed E-state index contributed by atoms with van der Waals surface area (Å²) >= 11 is 13.4. The van der Waals surface area contributed by atoms with Crippen molar-refractivity contribution in [2.45, 2.75) is 24.4 Å². The maximum Gasteiger partial charge on any atom is 0.223 e. The standard InChI is InChI=1S/C26H31Cl2N7O4/c1-5-20(36)31-16-11-39-12-17(16)33-26-29-8-13-6-15(21-22(27)18(37-3)7-19(38-4)23(21)28)32-25(24(13)34-26)30-14-9-35(2)10-14/h5-8,14,16-17,20,31,36H,1,9-12H2,2-4H3,(H,30,32)(H,29,33,34)/t16-,17+,20?/m0/s1. The van der Waals surface area contributed by atoms with E-state index in [0.29, 0.717) is 63.3 Å². The number of nitrogens with one attached hydrogen (secondary N) is 3. The summed E-state index contributed by atoms with van der Waals surface area (Å²) in [5, 5.41) is 21.2. The number of anilines is 2. The van der Waals surface area contributed by atoms with E-state index in [2.05, 4.69) is 39.5 Å². The number of hydrogen-bond donors (Lipinski definition) is 4. The Balaban J connectivity index is 1.55. The smallest absolute Gasteiger partial charge is 0.223 e. The summed E-state index contributed by atoms with van der Waals surface area (Å²) in [4.78, 5) is 16.5. The minimum absolute atomic E-state index is 0.145. The Bertz CT molecular complexity index is 1340.